The van der Waals surface area contributed by atoms with Crippen LogP contribution < -0.4 is 0 Å². The molecule has 0 atom stereocenters. The predicted octanol–water partition coefficient (Wildman–Crippen LogP) is 2.71. The van der Waals surface area contributed by atoms with E-state index < -0.39 is 5.97 Å². The minimum absolute atomic E-state index is 0.203. The maximum Gasteiger partial charge on any atom is 0.330 e. The molecular weight excluding hydrogens is 236 g/mol. The summed E-state index contributed by atoms with van der Waals surface area (Å²) in [6.07, 6.45) is 4.35. The molecule has 0 bridgehead atoms. The van der Waals surface area contributed by atoms with Gasteiger partial charge < -0.3 is 4.74 Å². The van der Waals surface area contributed by atoms with Gasteiger partial charge in [-0.2, -0.15) is 0 Å². The van der Waals surface area contributed by atoms with Gasteiger partial charge in [0.1, 0.15) is 0 Å². The average molecular weight is 250 g/mol. The van der Waals surface area contributed by atoms with Crippen LogP contribution >= 0.6 is 11.8 Å². The van der Waals surface area contributed by atoms with E-state index >= 15 is 0 Å². The molecule has 0 aliphatic carbocycles. The summed E-state index contributed by atoms with van der Waals surface area (Å²) < 4.78 is 4.68. The monoisotopic (exact) mass is 250 g/mol. The first-order chi connectivity index (χ1) is 8.17. The Morgan fingerprint density at radius 2 is 1.88 bits per heavy atom. The van der Waals surface area contributed by atoms with Gasteiger partial charge in [0, 0.05) is 16.5 Å². The standard InChI is InChI=1S/C13H14O3S/c1-3-16-13(15)9-8-12(14)10-4-6-11(17-2)7-5-10/h4-9H,3H2,1-2H3/b9-8+. The molecule has 1 aromatic carbocycles. The van der Waals surface area contributed by atoms with E-state index in [2.05, 4.69) is 4.74 Å². The van der Waals surface area contributed by atoms with Gasteiger partial charge in [0.25, 0.3) is 0 Å². The molecule has 3 nitrogen and oxygen atoms in total. The lowest BCUT2D eigenvalue weighted by atomic mass is 10.1. The zero-order chi connectivity index (χ0) is 12.7. The number of thioether (sulfide) groups is 1. The lowest BCUT2D eigenvalue weighted by Crippen LogP contribution is -2.01. The topological polar surface area (TPSA) is 43.4 Å². The quantitative estimate of drug-likeness (QED) is 0.349. The lowest BCUT2D eigenvalue weighted by Gasteiger charge is -1.98. The maximum atomic E-state index is 11.7. The summed E-state index contributed by atoms with van der Waals surface area (Å²) >= 11 is 1.61. The molecular formula is C13H14O3S. The van der Waals surface area contributed by atoms with Crippen LogP contribution in [0.4, 0.5) is 0 Å². The van der Waals surface area contributed by atoms with Crippen molar-refractivity contribution in [2.75, 3.05) is 12.9 Å². The number of esters is 1. The molecule has 4 heteroatoms. The SMILES string of the molecule is CCOC(=O)/C=C/C(=O)c1ccc(SC)cc1. The summed E-state index contributed by atoms with van der Waals surface area (Å²) in [6.45, 7) is 2.02. The van der Waals surface area contributed by atoms with Gasteiger partial charge in [-0.05, 0) is 43.5 Å². The Morgan fingerprint density at radius 1 is 1.24 bits per heavy atom. The molecule has 17 heavy (non-hydrogen) atoms. The molecule has 0 aliphatic heterocycles. The summed E-state index contributed by atoms with van der Waals surface area (Å²) in [5, 5.41) is 0. The Bertz CT molecular complexity index is 421. The van der Waals surface area contributed by atoms with Crippen LogP contribution in [0.1, 0.15) is 17.3 Å². The van der Waals surface area contributed by atoms with Gasteiger partial charge in [-0.25, -0.2) is 4.79 Å². The van der Waals surface area contributed by atoms with Crippen LogP contribution in [0.2, 0.25) is 0 Å². The van der Waals surface area contributed by atoms with Crippen molar-refractivity contribution in [3.05, 3.63) is 42.0 Å². The van der Waals surface area contributed by atoms with E-state index in [1.54, 1.807) is 30.8 Å². The van der Waals surface area contributed by atoms with Crippen LogP contribution in [0.25, 0.3) is 0 Å². The van der Waals surface area contributed by atoms with Gasteiger partial charge in [-0.15, -0.1) is 11.8 Å². The van der Waals surface area contributed by atoms with Gasteiger partial charge >= 0.3 is 5.97 Å². The minimum Gasteiger partial charge on any atom is -0.463 e. The number of hydrogen-bond acceptors (Lipinski definition) is 4. The Morgan fingerprint density at radius 3 is 2.41 bits per heavy atom. The molecule has 0 fully saturated rings. The second kappa shape index (κ2) is 6.91. The molecule has 0 aliphatic rings. The normalized spacial score (nSPS) is 10.5. The van der Waals surface area contributed by atoms with Crippen molar-refractivity contribution in [2.24, 2.45) is 0 Å². The van der Waals surface area contributed by atoms with E-state index in [0.717, 1.165) is 11.0 Å². The largest absolute Gasteiger partial charge is 0.463 e. The third kappa shape index (κ3) is 4.44. The molecule has 0 N–H and O–H groups in total. The fourth-order valence-electron chi connectivity index (χ4n) is 1.19. The van der Waals surface area contributed by atoms with Crippen molar-refractivity contribution < 1.29 is 14.3 Å². The van der Waals surface area contributed by atoms with Crippen molar-refractivity contribution in [1.82, 2.24) is 0 Å². The van der Waals surface area contributed by atoms with Crippen LogP contribution in [0, 0.1) is 0 Å². The Balaban J connectivity index is 2.66. The van der Waals surface area contributed by atoms with E-state index in [4.69, 9.17) is 0 Å². The highest BCUT2D eigenvalue weighted by molar-refractivity contribution is 7.98. The molecule has 1 rings (SSSR count). The molecule has 0 aromatic heterocycles. The number of ketones is 1. The number of rotatable bonds is 5. The zero-order valence-corrected chi connectivity index (χ0v) is 10.6. The highest BCUT2D eigenvalue weighted by atomic mass is 32.2. The molecule has 0 radical (unpaired) electrons. The van der Waals surface area contributed by atoms with E-state index in [-0.39, 0.29) is 5.78 Å². The molecule has 0 saturated carbocycles. The van der Waals surface area contributed by atoms with Crippen LogP contribution in [-0.2, 0) is 9.53 Å². The lowest BCUT2D eigenvalue weighted by molar-refractivity contribution is -0.137. The number of allylic oxidation sites excluding steroid dienone is 1. The second-order valence-electron chi connectivity index (χ2n) is 3.18. The van der Waals surface area contributed by atoms with E-state index in [0.29, 0.717) is 12.2 Å². The van der Waals surface area contributed by atoms with Crippen molar-refractivity contribution in [3.8, 4) is 0 Å². The fraction of sp³-hybridized carbons (Fsp3) is 0.231. The van der Waals surface area contributed by atoms with Crippen molar-refractivity contribution in [1.29, 1.82) is 0 Å². The molecule has 0 heterocycles. The molecule has 0 spiro atoms. The predicted molar refractivity (Wildman–Crippen MR) is 68.3 cm³/mol. The van der Waals surface area contributed by atoms with Crippen LogP contribution in [-0.4, -0.2) is 24.6 Å². The Labute approximate surface area is 105 Å². The van der Waals surface area contributed by atoms with Crippen molar-refractivity contribution >= 4 is 23.5 Å². The fourth-order valence-corrected chi connectivity index (χ4v) is 1.59. The third-order valence-electron chi connectivity index (χ3n) is 2.03. The summed E-state index contributed by atoms with van der Waals surface area (Å²) in [4.78, 5) is 23.8. The number of carbonyl (C=O) groups excluding carboxylic acids is 2. The van der Waals surface area contributed by atoms with Crippen LogP contribution in [0.3, 0.4) is 0 Å². The summed E-state index contributed by atoms with van der Waals surface area (Å²) in [6, 6.07) is 7.22. The van der Waals surface area contributed by atoms with Crippen LogP contribution in [0.5, 0.6) is 0 Å². The van der Waals surface area contributed by atoms with E-state index in [1.807, 2.05) is 18.4 Å². The number of ether oxygens (including phenoxy) is 1. The third-order valence-corrected chi connectivity index (χ3v) is 2.78. The molecule has 1 aromatic rings. The summed E-state index contributed by atoms with van der Waals surface area (Å²) in [5.74, 6) is -0.702. The first-order valence-corrected chi connectivity index (χ1v) is 6.43. The average Bonchev–Trinajstić information content (AvgIpc) is 2.36. The summed E-state index contributed by atoms with van der Waals surface area (Å²) in [7, 11) is 0. The Kier molecular flexibility index (Phi) is 5.49. The first kappa shape index (κ1) is 13.5. The van der Waals surface area contributed by atoms with Crippen molar-refractivity contribution in [2.45, 2.75) is 11.8 Å². The van der Waals surface area contributed by atoms with Crippen molar-refractivity contribution in [3.63, 3.8) is 0 Å². The molecule has 0 saturated heterocycles. The minimum atomic E-state index is -0.499. The first-order valence-electron chi connectivity index (χ1n) is 5.20. The van der Waals surface area contributed by atoms with E-state index in [9.17, 15) is 9.59 Å². The number of hydrogen-bond donors (Lipinski definition) is 0. The van der Waals surface area contributed by atoms with E-state index in [1.165, 1.54) is 6.08 Å². The molecule has 90 valence electrons. The highest BCUT2D eigenvalue weighted by Crippen LogP contribution is 2.15. The number of carbonyl (C=O) groups is 2. The molecule has 0 amide bonds. The van der Waals surface area contributed by atoms with Gasteiger partial charge in [0.15, 0.2) is 5.78 Å². The zero-order valence-electron chi connectivity index (χ0n) is 9.80. The summed E-state index contributed by atoms with van der Waals surface area (Å²) in [5.41, 5.74) is 0.559. The van der Waals surface area contributed by atoms with Crippen LogP contribution in [0.15, 0.2) is 41.3 Å². The highest BCUT2D eigenvalue weighted by Gasteiger charge is 2.02. The van der Waals surface area contributed by atoms with Gasteiger partial charge in [-0.1, -0.05) is 0 Å². The molecule has 0 unspecified atom stereocenters. The van der Waals surface area contributed by atoms with Gasteiger partial charge in [-0.3, -0.25) is 4.79 Å². The van der Waals surface area contributed by atoms with Gasteiger partial charge in [0.2, 0.25) is 0 Å². The van der Waals surface area contributed by atoms with Gasteiger partial charge in [0.05, 0.1) is 6.61 Å². The smallest absolute Gasteiger partial charge is 0.330 e. The number of benzene rings is 1. The second-order valence-corrected chi connectivity index (χ2v) is 4.06. The maximum absolute atomic E-state index is 11.7. The Hall–Kier alpha value is -1.55.